The Morgan fingerprint density at radius 3 is 3.00 bits per heavy atom. The molecule has 5 heteroatoms. The molecule has 1 heterocycles. The van der Waals surface area contributed by atoms with Crippen molar-refractivity contribution >= 4 is 12.0 Å². The van der Waals surface area contributed by atoms with Crippen LogP contribution in [0.4, 0.5) is 4.39 Å². The van der Waals surface area contributed by atoms with E-state index >= 15 is 0 Å². The van der Waals surface area contributed by atoms with Crippen LogP contribution in [0.25, 0.3) is 6.08 Å². The van der Waals surface area contributed by atoms with Crippen molar-refractivity contribution < 1.29 is 19.0 Å². The maximum absolute atomic E-state index is 13.5. The summed E-state index contributed by atoms with van der Waals surface area (Å²) in [6, 6.07) is 4.51. The van der Waals surface area contributed by atoms with Gasteiger partial charge in [-0.05, 0) is 36.6 Å². The van der Waals surface area contributed by atoms with Crippen LogP contribution in [0, 0.1) is 5.82 Å². The number of β-amino-alcohol motifs (C(OH)–C–C–N with tert-alkyl or cyclic N) is 1. The fraction of sp³-hybridized carbons (Fsp3) is 0.400. The number of likely N-dealkylation sites (tertiary alicyclic amines) is 1. The number of halogens is 1. The second-order valence-electron chi connectivity index (χ2n) is 4.81. The predicted octanol–water partition coefficient (Wildman–Crippen LogP) is 1.83. The molecule has 1 fully saturated rings. The maximum Gasteiger partial charge on any atom is 0.246 e. The Hall–Kier alpha value is -1.88. The monoisotopic (exact) mass is 279 g/mol. The average Bonchev–Trinajstić information content (AvgIpc) is 2.45. The molecule has 4 nitrogen and oxygen atoms in total. The summed E-state index contributed by atoms with van der Waals surface area (Å²) >= 11 is 0. The SMILES string of the molecule is COc1ccc(/C=C\C(=O)N2CCC[C@H](O)C2)cc1F. The summed E-state index contributed by atoms with van der Waals surface area (Å²) in [4.78, 5) is 13.5. The summed E-state index contributed by atoms with van der Waals surface area (Å²) < 4.78 is 18.3. The molecule has 1 amide bonds. The zero-order chi connectivity index (χ0) is 14.5. The van der Waals surface area contributed by atoms with Crippen LogP contribution in [0.3, 0.4) is 0 Å². The third-order valence-electron chi connectivity index (χ3n) is 3.30. The van der Waals surface area contributed by atoms with Crippen molar-refractivity contribution in [3.8, 4) is 5.75 Å². The molecule has 1 aliphatic heterocycles. The minimum atomic E-state index is -0.463. The number of ether oxygens (including phenoxy) is 1. The standard InChI is InChI=1S/C15H18FNO3/c1-20-14-6-4-11(9-13(14)16)5-7-15(19)17-8-2-3-12(18)10-17/h4-7,9,12,18H,2-3,8,10H2,1H3/b7-5-/t12-/m0/s1. The largest absolute Gasteiger partial charge is 0.494 e. The molecule has 0 spiro atoms. The summed E-state index contributed by atoms with van der Waals surface area (Å²) in [5.41, 5.74) is 0.592. The van der Waals surface area contributed by atoms with Crippen molar-refractivity contribution in [1.82, 2.24) is 4.90 Å². The van der Waals surface area contributed by atoms with E-state index in [4.69, 9.17) is 4.74 Å². The van der Waals surface area contributed by atoms with Crippen LogP contribution in [-0.4, -0.2) is 42.2 Å². The van der Waals surface area contributed by atoms with E-state index < -0.39 is 11.9 Å². The van der Waals surface area contributed by atoms with E-state index in [0.29, 0.717) is 18.7 Å². The van der Waals surface area contributed by atoms with Crippen LogP contribution in [0.15, 0.2) is 24.3 Å². The molecule has 1 aliphatic rings. The molecule has 1 atom stereocenters. The highest BCUT2D eigenvalue weighted by Gasteiger charge is 2.20. The Bertz CT molecular complexity index is 516. The van der Waals surface area contributed by atoms with E-state index in [2.05, 4.69) is 0 Å². The molecule has 0 bridgehead atoms. The van der Waals surface area contributed by atoms with E-state index in [9.17, 15) is 14.3 Å². The molecule has 0 aliphatic carbocycles. The minimum Gasteiger partial charge on any atom is -0.494 e. The second-order valence-corrected chi connectivity index (χ2v) is 4.81. The first-order valence-electron chi connectivity index (χ1n) is 6.58. The number of nitrogens with zero attached hydrogens (tertiary/aromatic N) is 1. The highest BCUT2D eigenvalue weighted by atomic mass is 19.1. The first kappa shape index (κ1) is 14.5. The second kappa shape index (κ2) is 6.52. The molecule has 0 radical (unpaired) electrons. The van der Waals surface area contributed by atoms with E-state index in [1.54, 1.807) is 17.0 Å². The number of carbonyl (C=O) groups excluding carboxylic acids is 1. The molecule has 0 saturated carbocycles. The number of amides is 1. The Morgan fingerprint density at radius 2 is 2.35 bits per heavy atom. The summed E-state index contributed by atoms with van der Waals surface area (Å²) in [7, 11) is 1.40. The van der Waals surface area contributed by atoms with Crippen LogP contribution in [0.1, 0.15) is 18.4 Å². The van der Waals surface area contributed by atoms with Gasteiger partial charge in [0, 0.05) is 19.2 Å². The first-order chi connectivity index (χ1) is 9.60. The highest BCUT2D eigenvalue weighted by molar-refractivity contribution is 5.91. The van der Waals surface area contributed by atoms with Crippen LogP contribution < -0.4 is 4.74 Å². The molecule has 1 aromatic carbocycles. The van der Waals surface area contributed by atoms with Gasteiger partial charge < -0.3 is 14.7 Å². The number of aliphatic hydroxyl groups is 1. The van der Waals surface area contributed by atoms with Gasteiger partial charge in [-0.3, -0.25) is 4.79 Å². The molecule has 108 valence electrons. The number of hydrogen-bond acceptors (Lipinski definition) is 3. The van der Waals surface area contributed by atoms with Gasteiger partial charge >= 0.3 is 0 Å². The van der Waals surface area contributed by atoms with Gasteiger partial charge in [-0.15, -0.1) is 0 Å². The summed E-state index contributed by atoms with van der Waals surface area (Å²) in [6.07, 6.45) is 4.06. The van der Waals surface area contributed by atoms with Gasteiger partial charge in [-0.1, -0.05) is 6.07 Å². The zero-order valence-corrected chi connectivity index (χ0v) is 11.4. The highest BCUT2D eigenvalue weighted by Crippen LogP contribution is 2.18. The fourth-order valence-corrected chi connectivity index (χ4v) is 2.21. The number of hydrogen-bond donors (Lipinski definition) is 1. The number of methoxy groups -OCH3 is 1. The van der Waals surface area contributed by atoms with Crippen molar-refractivity contribution in [2.45, 2.75) is 18.9 Å². The molecular formula is C15H18FNO3. The van der Waals surface area contributed by atoms with Crippen molar-refractivity contribution in [2.24, 2.45) is 0 Å². The molecule has 1 N–H and O–H groups in total. The Kier molecular flexibility index (Phi) is 4.74. The van der Waals surface area contributed by atoms with Gasteiger partial charge in [0.1, 0.15) is 0 Å². The van der Waals surface area contributed by atoms with E-state index in [1.807, 2.05) is 0 Å². The molecule has 0 aromatic heterocycles. The summed E-state index contributed by atoms with van der Waals surface area (Å²) in [5, 5.41) is 9.53. The lowest BCUT2D eigenvalue weighted by molar-refractivity contribution is -0.128. The molecular weight excluding hydrogens is 261 g/mol. The Balaban J connectivity index is 2.01. The quantitative estimate of drug-likeness (QED) is 0.859. The van der Waals surface area contributed by atoms with Crippen molar-refractivity contribution in [3.05, 3.63) is 35.7 Å². The molecule has 1 saturated heterocycles. The van der Waals surface area contributed by atoms with Gasteiger partial charge in [-0.25, -0.2) is 4.39 Å². The molecule has 1 aromatic rings. The van der Waals surface area contributed by atoms with Gasteiger partial charge in [0.25, 0.3) is 0 Å². The van der Waals surface area contributed by atoms with E-state index in [1.165, 1.54) is 25.3 Å². The summed E-state index contributed by atoms with van der Waals surface area (Å²) in [5.74, 6) is -0.455. The average molecular weight is 279 g/mol. The third-order valence-corrected chi connectivity index (χ3v) is 3.30. The van der Waals surface area contributed by atoms with Crippen LogP contribution in [0.5, 0.6) is 5.75 Å². The Labute approximate surface area is 117 Å². The fourth-order valence-electron chi connectivity index (χ4n) is 2.21. The van der Waals surface area contributed by atoms with Crippen LogP contribution in [-0.2, 0) is 4.79 Å². The topological polar surface area (TPSA) is 49.8 Å². The molecule has 0 unspecified atom stereocenters. The Morgan fingerprint density at radius 1 is 1.55 bits per heavy atom. The number of piperidine rings is 1. The van der Waals surface area contributed by atoms with Crippen molar-refractivity contribution in [3.63, 3.8) is 0 Å². The summed E-state index contributed by atoms with van der Waals surface area (Å²) in [6.45, 7) is 1.01. The van der Waals surface area contributed by atoms with Crippen molar-refractivity contribution in [2.75, 3.05) is 20.2 Å². The number of benzene rings is 1. The zero-order valence-electron chi connectivity index (χ0n) is 11.4. The number of aliphatic hydroxyl groups excluding tert-OH is 1. The number of carbonyl (C=O) groups is 1. The predicted molar refractivity (Wildman–Crippen MR) is 73.8 cm³/mol. The van der Waals surface area contributed by atoms with Crippen molar-refractivity contribution in [1.29, 1.82) is 0 Å². The number of rotatable bonds is 3. The normalized spacial score (nSPS) is 19.4. The lowest BCUT2D eigenvalue weighted by atomic mass is 10.1. The van der Waals surface area contributed by atoms with Gasteiger partial charge in [0.15, 0.2) is 11.6 Å². The lowest BCUT2D eigenvalue weighted by Gasteiger charge is -2.29. The minimum absolute atomic E-state index is 0.167. The molecule has 2 rings (SSSR count). The third kappa shape index (κ3) is 3.57. The van der Waals surface area contributed by atoms with E-state index in [-0.39, 0.29) is 11.7 Å². The van der Waals surface area contributed by atoms with Gasteiger partial charge in [0.2, 0.25) is 5.91 Å². The van der Waals surface area contributed by atoms with E-state index in [0.717, 1.165) is 12.8 Å². The smallest absolute Gasteiger partial charge is 0.246 e. The first-order valence-corrected chi connectivity index (χ1v) is 6.58. The van der Waals surface area contributed by atoms with Gasteiger partial charge in [-0.2, -0.15) is 0 Å². The molecule has 20 heavy (non-hydrogen) atoms. The lowest BCUT2D eigenvalue weighted by Crippen LogP contribution is -2.41. The van der Waals surface area contributed by atoms with Crippen LogP contribution >= 0.6 is 0 Å². The van der Waals surface area contributed by atoms with Gasteiger partial charge in [0.05, 0.1) is 13.2 Å². The maximum atomic E-state index is 13.5. The van der Waals surface area contributed by atoms with Crippen LogP contribution in [0.2, 0.25) is 0 Å².